The number of fused-ring (bicyclic) bond motifs is 4. The van der Waals surface area contributed by atoms with E-state index in [-0.39, 0.29) is 22.2 Å². The molecule has 0 radical (unpaired) electrons. The van der Waals surface area contributed by atoms with Gasteiger partial charge in [0.2, 0.25) is 0 Å². The highest BCUT2D eigenvalue weighted by molar-refractivity contribution is 6.36. The zero-order valence-corrected chi connectivity index (χ0v) is 18.5. The highest BCUT2D eigenvalue weighted by Crippen LogP contribution is 2.38. The molecule has 1 N–H and O–H groups in total. The maximum absolute atomic E-state index is 16.0. The molecule has 2 bridgehead atoms. The highest BCUT2D eigenvalue weighted by Gasteiger charge is 2.34. The molecule has 2 aliphatic heterocycles. The van der Waals surface area contributed by atoms with Crippen molar-refractivity contribution in [3.05, 3.63) is 53.2 Å². The molecule has 2 unspecified atom stereocenters. The summed E-state index contributed by atoms with van der Waals surface area (Å²) in [5.74, 6) is -0.590. The molecule has 0 amide bonds. The summed E-state index contributed by atoms with van der Waals surface area (Å²) in [6.45, 7) is 1.54. The van der Waals surface area contributed by atoms with Gasteiger partial charge in [0.05, 0.1) is 17.5 Å². The molecule has 33 heavy (non-hydrogen) atoms. The Balaban J connectivity index is 1.56. The van der Waals surface area contributed by atoms with E-state index >= 15 is 4.39 Å². The Morgan fingerprint density at radius 1 is 1.09 bits per heavy atom. The lowest BCUT2D eigenvalue weighted by molar-refractivity contribution is 0.380. The van der Waals surface area contributed by atoms with Gasteiger partial charge >= 0.3 is 6.01 Å². The van der Waals surface area contributed by atoms with E-state index in [4.69, 9.17) is 16.3 Å². The monoisotopic (exact) mass is 467 g/mol. The molecule has 2 aliphatic rings. The van der Waals surface area contributed by atoms with Crippen LogP contribution >= 0.6 is 11.6 Å². The first-order valence-electron chi connectivity index (χ1n) is 10.8. The van der Waals surface area contributed by atoms with Crippen LogP contribution in [0.3, 0.4) is 0 Å². The average Bonchev–Trinajstić information content (AvgIpc) is 3.18. The predicted molar refractivity (Wildman–Crippen MR) is 124 cm³/mol. The van der Waals surface area contributed by atoms with Gasteiger partial charge in [-0.25, -0.2) is 8.78 Å². The number of nitrogens with one attached hydrogen (secondary N) is 1. The first-order valence-corrected chi connectivity index (χ1v) is 11.2. The molecular formula is C24H20ClF2N5O. The van der Waals surface area contributed by atoms with Gasteiger partial charge in [-0.1, -0.05) is 35.9 Å². The van der Waals surface area contributed by atoms with Crippen LogP contribution in [0.1, 0.15) is 12.8 Å². The lowest BCUT2D eigenvalue weighted by Crippen LogP contribution is -2.51. The van der Waals surface area contributed by atoms with E-state index in [0.717, 1.165) is 25.9 Å². The van der Waals surface area contributed by atoms with Crippen molar-refractivity contribution in [3.8, 4) is 17.3 Å². The van der Waals surface area contributed by atoms with Crippen molar-refractivity contribution in [1.29, 1.82) is 0 Å². The number of halogens is 3. The van der Waals surface area contributed by atoms with Crippen molar-refractivity contribution in [3.63, 3.8) is 0 Å². The Morgan fingerprint density at radius 2 is 1.88 bits per heavy atom. The largest absolute Gasteiger partial charge is 0.467 e. The number of pyridine rings is 1. The van der Waals surface area contributed by atoms with Gasteiger partial charge in [-0.2, -0.15) is 9.97 Å². The van der Waals surface area contributed by atoms with Gasteiger partial charge in [0.25, 0.3) is 0 Å². The average molecular weight is 468 g/mol. The molecule has 6 nitrogen and oxygen atoms in total. The minimum Gasteiger partial charge on any atom is -0.467 e. The number of aromatic nitrogens is 3. The molecule has 2 atom stereocenters. The van der Waals surface area contributed by atoms with Crippen LogP contribution in [0.5, 0.6) is 6.01 Å². The standard InChI is InChI=1S/C24H20ClF2N5O/c1-33-24-30-22-16(23(31-24)32-10-13-6-7-14(11-32)29-13)9-28-21(20(22)27)15-4-2-3-12-5-8-17(26)19(25)18(12)15/h2-5,8-9,13-14,29H,6-7,10-11H2,1H3. The zero-order chi connectivity index (χ0) is 22.7. The third-order valence-electron chi connectivity index (χ3n) is 6.53. The van der Waals surface area contributed by atoms with Crippen molar-refractivity contribution in [2.75, 3.05) is 25.1 Å². The van der Waals surface area contributed by atoms with E-state index in [1.807, 2.05) is 0 Å². The van der Waals surface area contributed by atoms with Crippen LogP contribution in [-0.2, 0) is 0 Å². The van der Waals surface area contributed by atoms with Crippen molar-refractivity contribution >= 4 is 39.1 Å². The molecule has 168 valence electrons. The topological polar surface area (TPSA) is 63.2 Å². The molecule has 4 aromatic rings. The van der Waals surface area contributed by atoms with Crippen LogP contribution in [0.25, 0.3) is 32.9 Å². The van der Waals surface area contributed by atoms with Crippen LogP contribution in [0.15, 0.2) is 36.5 Å². The molecule has 9 heteroatoms. The Hall–Kier alpha value is -3.10. The molecule has 2 fully saturated rings. The van der Waals surface area contributed by atoms with Crippen molar-refractivity contribution in [2.24, 2.45) is 0 Å². The van der Waals surface area contributed by atoms with Crippen LogP contribution in [0.2, 0.25) is 5.02 Å². The second-order valence-electron chi connectivity index (χ2n) is 8.52. The quantitative estimate of drug-likeness (QED) is 0.470. The summed E-state index contributed by atoms with van der Waals surface area (Å²) in [6, 6.07) is 8.99. The normalized spacial score (nSPS) is 20.1. The number of hydrogen-bond donors (Lipinski definition) is 1. The number of piperazine rings is 1. The van der Waals surface area contributed by atoms with Gasteiger partial charge in [-0.3, -0.25) is 4.98 Å². The molecule has 2 aromatic heterocycles. The second-order valence-corrected chi connectivity index (χ2v) is 8.90. The Labute approximate surface area is 193 Å². The van der Waals surface area contributed by atoms with Crippen LogP contribution in [-0.4, -0.2) is 47.2 Å². The van der Waals surface area contributed by atoms with Gasteiger partial charge < -0.3 is 15.0 Å². The zero-order valence-electron chi connectivity index (χ0n) is 17.8. The van der Waals surface area contributed by atoms with E-state index in [2.05, 4.69) is 25.2 Å². The molecule has 0 aliphatic carbocycles. The van der Waals surface area contributed by atoms with Gasteiger partial charge in [-0.05, 0) is 24.3 Å². The number of nitrogens with zero attached hydrogens (tertiary/aromatic N) is 4. The fraction of sp³-hybridized carbons (Fsp3) is 0.292. The number of benzene rings is 2. The van der Waals surface area contributed by atoms with E-state index in [0.29, 0.717) is 39.6 Å². The van der Waals surface area contributed by atoms with Crippen LogP contribution in [0.4, 0.5) is 14.6 Å². The van der Waals surface area contributed by atoms with E-state index < -0.39 is 11.6 Å². The van der Waals surface area contributed by atoms with Gasteiger partial charge in [0.15, 0.2) is 5.82 Å². The maximum atomic E-state index is 16.0. The Bertz CT molecular complexity index is 1400. The van der Waals surface area contributed by atoms with Gasteiger partial charge in [-0.15, -0.1) is 0 Å². The summed E-state index contributed by atoms with van der Waals surface area (Å²) >= 11 is 6.28. The third-order valence-corrected chi connectivity index (χ3v) is 6.90. The summed E-state index contributed by atoms with van der Waals surface area (Å²) in [4.78, 5) is 15.4. The lowest BCUT2D eigenvalue weighted by atomic mass is 10.0. The third kappa shape index (κ3) is 3.28. The van der Waals surface area contributed by atoms with E-state index in [1.165, 1.54) is 13.2 Å². The van der Waals surface area contributed by atoms with Crippen LogP contribution in [0, 0.1) is 11.6 Å². The number of ether oxygens (including phenoxy) is 1. The summed E-state index contributed by atoms with van der Waals surface area (Å²) in [5.41, 5.74) is 0.556. The summed E-state index contributed by atoms with van der Waals surface area (Å²) in [6.07, 6.45) is 3.80. The number of rotatable bonds is 3. The first-order chi connectivity index (χ1) is 16.0. The molecule has 0 spiro atoms. The number of hydrogen-bond acceptors (Lipinski definition) is 6. The Morgan fingerprint density at radius 3 is 2.64 bits per heavy atom. The Kier molecular flexibility index (Phi) is 4.81. The summed E-state index contributed by atoms with van der Waals surface area (Å²) in [5, 5.41) is 5.13. The molecule has 2 aromatic carbocycles. The predicted octanol–water partition coefficient (Wildman–Crippen LogP) is 4.73. The van der Waals surface area contributed by atoms with Gasteiger partial charge in [0, 0.05) is 42.3 Å². The lowest BCUT2D eigenvalue weighted by Gasteiger charge is -2.34. The summed E-state index contributed by atoms with van der Waals surface area (Å²) < 4.78 is 35.5. The van der Waals surface area contributed by atoms with E-state index in [1.54, 1.807) is 30.5 Å². The fourth-order valence-corrected chi connectivity index (χ4v) is 5.29. The smallest absolute Gasteiger partial charge is 0.318 e. The minimum absolute atomic E-state index is 0.0488. The second kappa shape index (κ2) is 7.74. The SMILES string of the molecule is COc1nc(N2CC3CCC(C2)N3)c2cnc(-c3cccc4ccc(F)c(Cl)c34)c(F)c2n1. The maximum Gasteiger partial charge on any atom is 0.318 e. The van der Waals surface area contributed by atoms with Crippen molar-refractivity contribution in [2.45, 2.75) is 24.9 Å². The molecular weight excluding hydrogens is 448 g/mol. The van der Waals surface area contributed by atoms with Crippen molar-refractivity contribution in [1.82, 2.24) is 20.3 Å². The number of methoxy groups -OCH3 is 1. The molecule has 6 rings (SSSR count). The van der Waals surface area contributed by atoms with Crippen LogP contribution < -0.4 is 15.0 Å². The molecule has 2 saturated heterocycles. The minimum atomic E-state index is -0.625. The number of anilines is 1. The van der Waals surface area contributed by atoms with Gasteiger partial charge in [0.1, 0.15) is 22.8 Å². The fourth-order valence-electron chi connectivity index (χ4n) is 5.02. The first kappa shape index (κ1) is 20.5. The highest BCUT2D eigenvalue weighted by atomic mass is 35.5. The molecule has 0 saturated carbocycles. The van der Waals surface area contributed by atoms with Crippen molar-refractivity contribution < 1.29 is 13.5 Å². The van der Waals surface area contributed by atoms with E-state index in [9.17, 15) is 4.39 Å². The molecule has 4 heterocycles. The summed E-state index contributed by atoms with van der Waals surface area (Å²) in [7, 11) is 1.46.